The lowest BCUT2D eigenvalue weighted by atomic mass is 9.98. The highest BCUT2D eigenvalue weighted by Crippen LogP contribution is 2.28. The minimum absolute atomic E-state index is 0.0559. The fourth-order valence-electron chi connectivity index (χ4n) is 3.08. The van der Waals surface area contributed by atoms with Crippen LogP contribution in [0.5, 0.6) is 5.75 Å². The van der Waals surface area contributed by atoms with Gasteiger partial charge in [0.05, 0.1) is 16.3 Å². The van der Waals surface area contributed by atoms with Gasteiger partial charge in [-0.25, -0.2) is 0 Å². The van der Waals surface area contributed by atoms with Gasteiger partial charge in [0, 0.05) is 17.6 Å². The molecule has 2 aromatic rings. The molecule has 0 aliphatic carbocycles. The number of ether oxygens (including phenoxy) is 1. The smallest absolute Gasteiger partial charge is 0.262 e. The molecule has 5 nitrogen and oxygen atoms in total. The summed E-state index contributed by atoms with van der Waals surface area (Å²) in [5.41, 5.74) is 0.980. The third-order valence-corrected chi connectivity index (χ3v) is 5.54. The van der Waals surface area contributed by atoms with Gasteiger partial charge in [-0.2, -0.15) is 0 Å². The molecule has 3 rings (SSSR count). The molecule has 0 atom stereocenters. The summed E-state index contributed by atoms with van der Waals surface area (Å²) in [6.45, 7) is 3.49. The van der Waals surface area contributed by atoms with Crippen LogP contribution in [0.2, 0.25) is 5.02 Å². The Hall–Kier alpha value is -2.05. The number of anilines is 1. The van der Waals surface area contributed by atoms with E-state index in [0.29, 0.717) is 27.9 Å². The number of para-hydroxylation sites is 1. The maximum atomic E-state index is 12.9. The molecule has 0 aromatic heterocycles. The Morgan fingerprint density at radius 2 is 1.93 bits per heavy atom. The number of nitrogens with zero attached hydrogens (tertiary/aromatic N) is 1. The van der Waals surface area contributed by atoms with Crippen LogP contribution in [-0.2, 0) is 4.79 Å². The van der Waals surface area contributed by atoms with E-state index >= 15 is 0 Å². The van der Waals surface area contributed by atoms with Crippen molar-refractivity contribution in [2.24, 2.45) is 5.92 Å². The summed E-state index contributed by atoms with van der Waals surface area (Å²) < 4.78 is 6.32. The summed E-state index contributed by atoms with van der Waals surface area (Å²) in [6, 6.07) is 12.2. The van der Waals surface area contributed by atoms with Crippen molar-refractivity contribution in [1.82, 2.24) is 4.90 Å². The van der Waals surface area contributed by atoms with Gasteiger partial charge in [-0.1, -0.05) is 46.6 Å². The Balaban J connectivity index is 1.64. The first-order chi connectivity index (χ1) is 13.4. The second-order valence-electron chi connectivity index (χ2n) is 6.93. The zero-order valence-corrected chi connectivity index (χ0v) is 17.9. The standard InChI is InChI=1S/C21H22BrClN2O3/c1-14-8-10-25(11-9-14)21(27)16-4-2-3-5-18(16)24-20(26)13-28-19-7-6-15(22)12-17(19)23/h2-7,12,14H,8-11,13H2,1H3,(H,24,26). The van der Waals surface area contributed by atoms with Crippen molar-refractivity contribution in [3.8, 4) is 5.75 Å². The first-order valence-corrected chi connectivity index (χ1v) is 10.4. The number of hydrogen-bond acceptors (Lipinski definition) is 3. The quantitative estimate of drug-likeness (QED) is 0.676. The molecule has 1 fully saturated rings. The van der Waals surface area contributed by atoms with Crippen molar-refractivity contribution < 1.29 is 14.3 Å². The van der Waals surface area contributed by atoms with Crippen LogP contribution in [0.3, 0.4) is 0 Å². The number of hydrogen-bond donors (Lipinski definition) is 1. The Morgan fingerprint density at radius 3 is 2.64 bits per heavy atom. The second-order valence-corrected chi connectivity index (χ2v) is 8.25. The van der Waals surface area contributed by atoms with Crippen LogP contribution in [0, 0.1) is 5.92 Å². The topological polar surface area (TPSA) is 58.6 Å². The fourth-order valence-corrected chi connectivity index (χ4v) is 3.81. The van der Waals surface area contributed by atoms with E-state index in [1.54, 1.807) is 42.5 Å². The number of likely N-dealkylation sites (tertiary alicyclic amines) is 1. The van der Waals surface area contributed by atoms with Gasteiger partial charge in [-0.15, -0.1) is 0 Å². The van der Waals surface area contributed by atoms with Crippen molar-refractivity contribution in [2.75, 3.05) is 25.0 Å². The lowest BCUT2D eigenvalue weighted by Crippen LogP contribution is -2.38. The number of rotatable bonds is 5. The predicted octanol–water partition coefficient (Wildman–Crippen LogP) is 4.99. The van der Waals surface area contributed by atoms with Crippen molar-refractivity contribution in [1.29, 1.82) is 0 Å². The number of nitrogens with one attached hydrogen (secondary N) is 1. The van der Waals surface area contributed by atoms with Gasteiger partial charge in [-0.05, 0) is 49.1 Å². The molecule has 2 aromatic carbocycles. The Kier molecular flexibility index (Phi) is 6.97. The van der Waals surface area contributed by atoms with Crippen LogP contribution in [0.15, 0.2) is 46.9 Å². The number of benzene rings is 2. The van der Waals surface area contributed by atoms with Crippen LogP contribution < -0.4 is 10.1 Å². The van der Waals surface area contributed by atoms with E-state index in [1.807, 2.05) is 4.90 Å². The monoisotopic (exact) mass is 464 g/mol. The van der Waals surface area contributed by atoms with Gasteiger partial charge in [0.25, 0.3) is 11.8 Å². The Morgan fingerprint density at radius 1 is 1.21 bits per heavy atom. The molecular weight excluding hydrogens is 444 g/mol. The van der Waals surface area contributed by atoms with Gasteiger partial charge in [0.1, 0.15) is 5.75 Å². The third-order valence-electron chi connectivity index (χ3n) is 4.76. The van der Waals surface area contributed by atoms with E-state index in [2.05, 4.69) is 28.2 Å². The first-order valence-electron chi connectivity index (χ1n) is 9.20. The number of halogens is 2. The van der Waals surface area contributed by atoms with Gasteiger partial charge in [-0.3, -0.25) is 9.59 Å². The molecule has 1 aliphatic heterocycles. The summed E-state index contributed by atoms with van der Waals surface area (Å²) in [5.74, 6) is 0.652. The van der Waals surface area contributed by atoms with Gasteiger partial charge in [0.15, 0.2) is 6.61 Å². The maximum absolute atomic E-state index is 12.9. The molecular formula is C21H22BrClN2O3. The summed E-state index contributed by atoms with van der Waals surface area (Å²) in [5, 5.41) is 3.19. The summed E-state index contributed by atoms with van der Waals surface area (Å²) >= 11 is 9.42. The van der Waals surface area contributed by atoms with E-state index < -0.39 is 0 Å². The molecule has 1 N–H and O–H groups in total. The molecule has 0 bridgehead atoms. The lowest BCUT2D eigenvalue weighted by Gasteiger charge is -2.30. The van der Waals surface area contributed by atoms with E-state index in [9.17, 15) is 9.59 Å². The van der Waals surface area contributed by atoms with Crippen molar-refractivity contribution in [3.05, 3.63) is 57.5 Å². The molecule has 0 saturated carbocycles. The molecule has 0 unspecified atom stereocenters. The molecule has 1 heterocycles. The van der Waals surface area contributed by atoms with Crippen molar-refractivity contribution in [2.45, 2.75) is 19.8 Å². The minimum atomic E-state index is -0.355. The highest BCUT2D eigenvalue weighted by Gasteiger charge is 2.23. The second kappa shape index (κ2) is 9.43. The number of piperidine rings is 1. The normalized spacial score (nSPS) is 14.6. The molecule has 7 heteroatoms. The number of carbonyl (C=O) groups excluding carboxylic acids is 2. The lowest BCUT2D eigenvalue weighted by molar-refractivity contribution is -0.118. The van der Waals surface area contributed by atoms with Crippen LogP contribution in [0.1, 0.15) is 30.1 Å². The minimum Gasteiger partial charge on any atom is -0.482 e. The average molecular weight is 466 g/mol. The molecule has 1 aliphatic rings. The summed E-state index contributed by atoms with van der Waals surface area (Å²) in [6.07, 6.45) is 2.00. The summed E-state index contributed by atoms with van der Waals surface area (Å²) in [7, 11) is 0. The molecule has 28 heavy (non-hydrogen) atoms. The fraction of sp³-hybridized carbons (Fsp3) is 0.333. The first kappa shape index (κ1) is 20.7. The molecule has 1 saturated heterocycles. The van der Waals surface area contributed by atoms with E-state index in [1.165, 1.54) is 0 Å². The van der Waals surface area contributed by atoms with Gasteiger partial charge >= 0.3 is 0 Å². The van der Waals surface area contributed by atoms with E-state index in [0.717, 1.165) is 30.4 Å². The largest absolute Gasteiger partial charge is 0.482 e. The van der Waals surface area contributed by atoms with E-state index in [4.69, 9.17) is 16.3 Å². The van der Waals surface area contributed by atoms with Crippen LogP contribution in [-0.4, -0.2) is 36.4 Å². The highest BCUT2D eigenvalue weighted by atomic mass is 79.9. The Labute approximate surface area is 178 Å². The van der Waals surface area contributed by atoms with Crippen molar-refractivity contribution >= 4 is 45.0 Å². The molecule has 148 valence electrons. The predicted molar refractivity (Wildman–Crippen MR) is 114 cm³/mol. The van der Waals surface area contributed by atoms with Crippen molar-refractivity contribution in [3.63, 3.8) is 0 Å². The Bertz CT molecular complexity index is 866. The van der Waals surface area contributed by atoms with Gasteiger partial charge in [0.2, 0.25) is 0 Å². The number of amides is 2. The van der Waals surface area contributed by atoms with E-state index in [-0.39, 0.29) is 18.4 Å². The molecule has 0 spiro atoms. The highest BCUT2D eigenvalue weighted by molar-refractivity contribution is 9.10. The zero-order valence-electron chi connectivity index (χ0n) is 15.6. The molecule has 0 radical (unpaired) electrons. The van der Waals surface area contributed by atoms with Crippen LogP contribution >= 0.6 is 27.5 Å². The van der Waals surface area contributed by atoms with Crippen LogP contribution in [0.25, 0.3) is 0 Å². The maximum Gasteiger partial charge on any atom is 0.262 e. The number of carbonyl (C=O) groups is 2. The SMILES string of the molecule is CC1CCN(C(=O)c2ccccc2NC(=O)COc2ccc(Br)cc2Cl)CC1. The third kappa shape index (κ3) is 5.26. The van der Waals surface area contributed by atoms with Crippen LogP contribution in [0.4, 0.5) is 5.69 Å². The summed E-state index contributed by atoms with van der Waals surface area (Å²) in [4.78, 5) is 27.1. The zero-order chi connectivity index (χ0) is 20.1. The van der Waals surface area contributed by atoms with Gasteiger partial charge < -0.3 is 15.0 Å². The average Bonchev–Trinajstić information content (AvgIpc) is 2.68. The molecule has 2 amide bonds.